The van der Waals surface area contributed by atoms with Crippen LogP contribution in [0.2, 0.25) is 0 Å². The fourth-order valence-corrected chi connectivity index (χ4v) is 5.07. The Morgan fingerprint density at radius 1 is 0.537 bits per heavy atom. The Balaban J connectivity index is 1.55. The standard InChI is InChI=1S/C31H20N6O4/c38-36(39)28-16-8-6-14-25(28)33-32-21-18-24-30(20-10-2-1-3-11-20)22-12-4-5-13-23(22)31(24)27(19-21)35-34-26-15-7-9-17-29(26)37(40)41/h1-19,30H/b33-32+,35-34+. The molecule has 0 radical (unpaired) electrons. The first-order valence-corrected chi connectivity index (χ1v) is 12.6. The highest BCUT2D eigenvalue weighted by atomic mass is 16.6. The number of nitro benzene ring substituents is 2. The van der Waals surface area contributed by atoms with Gasteiger partial charge in [-0.25, -0.2) is 0 Å². The molecule has 1 aliphatic rings. The number of nitro groups is 2. The molecule has 0 amide bonds. The van der Waals surface area contributed by atoms with Crippen molar-refractivity contribution in [1.29, 1.82) is 0 Å². The maximum atomic E-state index is 11.6. The minimum atomic E-state index is -0.508. The lowest BCUT2D eigenvalue weighted by Crippen LogP contribution is -1.98. The molecule has 0 spiro atoms. The van der Waals surface area contributed by atoms with Gasteiger partial charge >= 0.3 is 0 Å². The van der Waals surface area contributed by atoms with E-state index in [-0.39, 0.29) is 28.7 Å². The average Bonchev–Trinajstić information content (AvgIpc) is 3.33. The SMILES string of the molecule is O=[N+]([O-])c1ccccc1/N=N/c1cc(/N=N/c2ccccc2[N+](=O)[O-])c2c(c1)C(c1ccccc1)c1ccccc1-2. The highest BCUT2D eigenvalue weighted by Crippen LogP contribution is 2.53. The summed E-state index contributed by atoms with van der Waals surface area (Å²) in [6.07, 6.45) is 0. The van der Waals surface area contributed by atoms with Gasteiger partial charge in [-0.15, -0.1) is 15.3 Å². The summed E-state index contributed by atoms with van der Waals surface area (Å²) in [5.41, 5.74) is 5.61. The second kappa shape index (κ2) is 10.7. The van der Waals surface area contributed by atoms with E-state index in [2.05, 4.69) is 26.5 Å². The van der Waals surface area contributed by atoms with Crippen LogP contribution >= 0.6 is 0 Å². The van der Waals surface area contributed by atoms with Crippen LogP contribution in [0.15, 0.2) is 136 Å². The van der Waals surface area contributed by atoms with Crippen LogP contribution in [0.25, 0.3) is 11.1 Å². The fourth-order valence-electron chi connectivity index (χ4n) is 5.07. The number of rotatable bonds is 7. The molecular weight excluding hydrogens is 520 g/mol. The van der Waals surface area contributed by atoms with Crippen LogP contribution in [-0.2, 0) is 0 Å². The van der Waals surface area contributed by atoms with E-state index in [1.54, 1.807) is 30.3 Å². The zero-order valence-corrected chi connectivity index (χ0v) is 21.4. The lowest BCUT2D eigenvalue weighted by Gasteiger charge is -2.14. The summed E-state index contributed by atoms with van der Waals surface area (Å²) in [5.74, 6) is -0.136. The van der Waals surface area contributed by atoms with Gasteiger partial charge in [0.15, 0.2) is 11.4 Å². The predicted octanol–water partition coefficient (Wildman–Crippen LogP) is 9.49. The molecule has 6 rings (SSSR count). The van der Waals surface area contributed by atoms with Gasteiger partial charge in [-0.05, 0) is 46.5 Å². The third-order valence-corrected chi connectivity index (χ3v) is 6.81. The lowest BCUT2D eigenvalue weighted by molar-refractivity contribution is -0.384. The fraction of sp³-hybridized carbons (Fsp3) is 0.0323. The molecule has 0 aliphatic heterocycles. The van der Waals surface area contributed by atoms with Gasteiger partial charge < -0.3 is 0 Å². The Bertz CT molecular complexity index is 1870. The number of hydrogen-bond donors (Lipinski definition) is 0. The third kappa shape index (κ3) is 4.85. The van der Waals surface area contributed by atoms with Crippen molar-refractivity contribution in [2.45, 2.75) is 5.92 Å². The van der Waals surface area contributed by atoms with Crippen molar-refractivity contribution < 1.29 is 9.85 Å². The molecule has 10 nitrogen and oxygen atoms in total. The maximum Gasteiger partial charge on any atom is 0.296 e. The van der Waals surface area contributed by atoms with E-state index in [1.807, 2.05) is 54.6 Å². The molecule has 0 aromatic heterocycles. The molecule has 0 heterocycles. The van der Waals surface area contributed by atoms with Crippen molar-refractivity contribution in [1.82, 2.24) is 0 Å². The first-order chi connectivity index (χ1) is 20.0. The van der Waals surface area contributed by atoms with Gasteiger partial charge in [0, 0.05) is 23.6 Å². The molecule has 1 atom stereocenters. The third-order valence-electron chi connectivity index (χ3n) is 6.81. The highest BCUT2D eigenvalue weighted by Gasteiger charge is 2.32. The summed E-state index contributed by atoms with van der Waals surface area (Å²) in [7, 11) is 0. The molecular formula is C31H20N6O4. The summed E-state index contributed by atoms with van der Waals surface area (Å²) < 4.78 is 0. The van der Waals surface area contributed by atoms with E-state index >= 15 is 0 Å². The molecule has 0 saturated heterocycles. The van der Waals surface area contributed by atoms with Crippen LogP contribution in [0.5, 0.6) is 0 Å². The summed E-state index contributed by atoms with van der Waals surface area (Å²) >= 11 is 0. The quantitative estimate of drug-likeness (QED) is 0.113. The largest absolute Gasteiger partial charge is 0.296 e. The van der Waals surface area contributed by atoms with Crippen molar-refractivity contribution >= 4 is 34.1 Å². The molecule has 1 unspecified atom stereocenters. The average molecular weight is 541 g/mol. The zero-order valence-electron chi connectivity index (χ0n) is 21.4. The molecule has 0 N–H and O–H groups in total. The van der Waals surface area contributed by atoms with Crippen LogP contribution in [0.1, 0.15) is 22.6 Å². The second-order valence-electron chi connectivity index (χ2n) is 9.25. The van der Waals surface area contributed by atoms with E-state index in [1.165, 1.54) is 24.3 Å². The van der Waals surface area contributed by atoms with Crippen molar-refractivity contribution in [2.24, 2.45) is 20.5 Å². The van der Waals surface area contributed by atoms with Gasteiger partial charge in [0.25, 0.3) is 11.4 Å². The molecule has 1 aliphatic carbocycles. The van der Waals surface area contributed by atoms with Crippen molar-refractivity contribution in [2.75, 3.05) is 0 Å². The van der Waals surface area contributed by atoms with Gasteiger partial charge in [-0.2, -0.15) is 5.11 Å². The van der Waals surface area contributed by atoms with Gasteiger partial charge in [-0.3, -0.25) is 20.2 Å². The number of hydrogen-bond acceptors (Lipinski definition) is 8. The normalized spacial score (nSPS) is 13.8. The molecule has 5 aromatic carbocycles. The number of nitrogens with zero attached hydrogens (tertiary/aromatic N) is 6. The molecule has 0 saturated carbocycles. The van der Waals surface area contributed by atoms with Gasteiger partial charge in [0.1, 0.15) is 0 Å². The van der Waals surface area contributed by atoms with Crippen LogP contribution in [0, 0.1) is 20.2 Å². The summed E-state index contributed by atoms with van der Waals surface area (Å²) in [6, 6.07) is 33.8. The van der Waals surface area contributed by atoms with Crippen LogP contribution in [0.3, 0.4) is 0 Å². The minimum Gasteiger partial charge on any atom is -0.258 e. The minimum absolute atomic E-state index is 0.115. The first kappa shape index (κ1) is 25.4. The first-order valence-electron chi connectivity index (χ1n) is 12.6. The van der Waals surface area contributed by atoms with Crippen molar-refractivity contribution in [3.63, 3.8) is 0 Å². The number of para-hydroxylation sites is 2. The molecule has 10 heteroatoms. The predicted molar refractivity (Wildman–Crippen MR) is 154 cm³/mol. The Kier molecular flexibility index (Phi) is 6.62. The van der Waals surface area contributed by atoms with E-state index in [9.17, 15) is 20.2 Å². The van der Waals surface area contributed by atoms with Gasteiger partial charge in [-0.1, -0.05) is 78.9 Å². The van der Waals surface area contributed by atoms with E-state index in [0.29, 0.717) is 11.4 Å². The summed E-state index contributed by atoms with van der Waals surface area (Å²) in [4.78, 5) is 22.0. The Morgan fingerprint density at radius 3 is 1.73 bits per heavy atom. The van der Waals surface area contributed by atoms with E-state index in [0.717, 1.165) is 27.8 Å². The van der Waals surface area contributed by atoms with E-state index < -0.39 is 9.85 Å². The molecule has 41 heavy (non-hydrogen) atoms. The van der Waals surface area contributed by atoms with Gasteiger partial charge in [0.2, 0.25) is 0 Å². The van der Waals surface area contributed by atoms with E-state index in [4.69, 9.17) is 0 Å². The molecule has 0 fully saturated rings. The van der Waals surface area contributed by atoms with Crippen molar-refractivity contribution in [3.8, 4) is 11.1 Å². The lowest BCUT2D eigenvalue weighted by atomic mass is 9.89. The smallest absolute Gasteiger partial charge is 0.258 e. The Labute approximate surface area is 233 Å². The topological polar surface area (TPSA) is 136 Å². The number of benzene rings is 5. The highest BCUT2D eigenvalue weighted by molar-refractivity contribution is 5.90. The zero-order chi connectivity index (χ0) is 28.3. The Morgan fingerprint density at radius 2 is 1.07 bits per heavy atom. The van der Waals surface area contributed by atoms with Gasteiger partial charge in [0.05, 0.1) is 21.2 Å². The second-order valence-corrected chi connectivity index (χ2v) is 9.25. The number of azo groups is 2. The maximum absolute atomic E-state index is 11.6. The monoisotopic (exact) mass is 540 g/mol. The summed E-state index contributed by atoms with van der Waals surface area (Å²) in [6.45, 7) is 0. The molecule has 5 aromatic rings. The number of fused-ring (bicyclic) bond motifs is 3. The summed E-state index contributed by atoms with van der Waals surface area (Å²) in [5, 5.41) is 40.4. The Hall–Kier alpha value is -5.90. The molecule has 198 valence electrons. The van der Waals surface area contributed by atoms with Crippen LogP contribution < -0.4 is 0 Å². The van der Waals surface area contributed by atoms with Crippen LogP contribution in [0.4, 0.5) is 34.1 Å². The van der Waals surface area contributed by atoms with Crippen molar-refractivity contribution in [3.05, 3.63) is 152 Å². The van der Waals surface area contributed by atoms with Crippen LogP contribution in [-0.4, -0.2) is 9.85 Å². The molecule has 0 bridgehead atoms.